The molecule has 0 saturated heterocycles. The lowest BCUT2D eigenvalue weighted by atomic mass is 9.88. The van der Waals surface area contributed by atoms with Crippen molar-refractivity contribution >= 4 is 11.8 Å². The highest BCUT2D eigenvalue weighted by Crippen LogP contribution is 2.23. The normalized spacial score (nSPS) is 17.1. The standard InChI is InChI=1S/C17H22N4/c1-3-18-17-19-12(2)10-16(21-17)20-15-9-8-13-6-4-5-7-14(13)11-15/h4-7,10,15H,3,8-9,11H2,1-2H3,(H2,18,19,20,21). The van der Waals surface area contributed by atoms with E-state index in [-0.39, 0.29) is 0 Å². The molecule has 1 aromatic heterocycles. The summed E-state index contributed by atoms with van der Waals surface area (Å²) in [5.41, 5.74) is 3.93. The maximum absolute atomic E-state index is 4.54. The van der Waals surface area contributed by atoms with Crippen molar-refractivity contribution in [3.63, 3.8) is 0 Å². The van der Waals surface area contributed by atoms with Gasteiger partial charge < -0.3 is 10.6 Å². The number of aryl methyl sites for hydroxylation is 2. The van der Waals surface area contributed by atoms with Gasteiger partial charge in [0.05, 0.1) is 0 Å². The second-order valence-electron chi connectivity index (χ2n) is 5.60. The Morgan fingerprint density at radius 1 is 1.19 bits per heavy atom. The van der Waals surface area contributed by atoms with Gasteiger partial charge in [0.25, 0.3) is 0 Å². The minimum absolute atomic E-state index is 0.448. The van der Waals surface area contributed by atoms with E-state index in [1.54, 1.807) is 0 Å². The second kappa shape index (κ2) is 6.12. The van der Waals surface area contributed by atoms with Crippen molar-refractivity contribution < 1.29 is 0 Å². The van der Waals surface area contributed by atoms with E-state index in [1.165, 1.54) is 11.1 Å². The summed E-state index contributed by atoms with van der Waals surface area (Å²) in [5, 5.41) is 6.75. The van der Waals surface area contributed by atoms with Crippen LogP contribution in [-0.2, 0) is 12.8 Å². The lowest BCUT2D eigenvalue weighted by Crippen LogP contribution is -2.28. The molecular weight excluding hydrogens is 260 g/mol. The first-order chi connectivity index (χ1) is 10.2. The topological polar surface area (TPSA) is 49.8 Å². The highest BCUT2D eigenvalue weighted by molar-refractivity contribution is 5.44. The van der Waals surface area contributed by atoms with Crippen molar-refractivity contribution in [1.29, 1.82) is 0 Å². The SMILES string of the molecule is CCNc1nc(C)cc(NC2CCc3ccccc3C2)n1. The summed E-state index contributed by atoms with van der Waals surface area (Å²) < 4.78 is 0. The summed E-state index contributed by atoms with van der Waals surface area (Å²) in [5.74, 6) is 1.62. The van der Waals surface area contributed by atoms with Gasteiger partial charge in [-0.15, -0.1) is 0 Å². The molecule has 1 aliphatic rings. The lowest BCUT2D eigenvalue weighted by molar-refractivity contribution is 0.608. The van der Waals surface area contributed by atoms with Gasteiger partial charge in [0.15, 0.2) is 0 Å². The predicted molar refractivity (Wildman–Crippen MR) is 86.8 cm³/mol. The average molecular weight is 282 g/mol. The Bertz CT molecular complexity index is 624. The molecule has 110 valence electrons. The first-order valence-electron chi connectivity index (χ1n) is 7.67. The molecule has 2 aromatic rings. The molecule has 0 fully saturated rings. The molecule has 21 heavy (non-hydrogen) atoms. The lowest BCUT2D eigenvalue weighted by Gasteiger charge is -2.26. The van der Waals surface area contributed by atoms with Gasteiger partial charge in [-0.3, -0.25) is 0 Å². The highest BCUT2D eigenvalue weighted by Gasteiger charge is 2.18. The van der Waals surface area contributed by atoms with Crippen molar-refractivity contribution in [1.82, 2.24) is 9.97 Å². The zero-order valence-corrected chi connectivity index (χ0v) is 12.7. The number of hydrogen-bond donors (Lipinski definition) is 2. The number of nitrogens with one attached hydrogen (secondary N) is 2. The Hall–Kier alpha value is -2.10. The van der Waals surface area contributed by atoms with Gasteiger partial charge in [-0.1, -0.05) is 24.3 Å². The van der Waals surface area contributed by atoms with Crippen molar-refractivity contribution in [2.45, 2.75) is 39.2 Å². The molecule has 0 saturated carbocycles. The molecule has 0 bridgehead atoms. The van der Waals surface area contributed by atoms with Crippen LogP contribution in [-0.4, -0.2) is 22.6 Å². The minimum Gasteiger partial charge on any atom is -0.367 e. The van der Waals surface area contributed by atoms with E-state index in [0.29, 0.717) is 12.0 Å². The number of benzene rings is 1. The largest absolute Gasteiger partial charge is 0.367 e. The van der Waals surface area contributed by atoms with Gasteiger partial charge in [-0.25, -0.2) is 4.98 Å². The first-order valence-corrected chi connectivity index (χ1v) is 7.67. The molecule has 2 N–H and O–H groups in total. The smallest absolute Gasteiger partial charge is 0.224 e. The maximum atomic E-state index is 4.54. The summed E-state index contributed by atoms with van der Waals surface area (Å²) in [7, 11) is 0. The van der Waals surface area contributed by atoms with E-state index in [4.69, 9.17) is 0 Å². The van der Waals surface area contributed by atoms with Gasteiger partial charge in [0.2, 0.25) is 5.95 Å². The van der Waals surface area contributed by atoms with Crippen LogP contribution in [0.1, 0.15) is 30.2 Å². The highest BCUT2D eigenvalue weighted by atomic mass is 15.1. The van der Waals surface area contributed by atoms with Crippen LogP contribution in [0, 0.1) is 6.92 Å². The van der Waals surface area contributed by atoms with Crippen molar-refractivity contribution in [2.75, 3.05) is 17.2 Å². The maximum Gasteiger partial charge on any atom is 0.224 e. The van der Waals surface area contributed by atoms with Crippen LogP contribution < -0.4 is 10.6 Å². The molecule has 1 heterocycles. The second-order valence-corrected chi connectivity index (χ2v) is 5.60. The van der Waals surface area contributed by atoms with E-state index in [2.05, 4.69) is 51.8 Å². The number of fused-ring (bicyclic) bond motifs is 1. The van der Waals surface area contributed by atoms with Gasteiger partial charge in [0.1, 0.15) is 5.82 Å². The van der Waals surface area contributed by atoms with Gasteiger partial charge >= 0.3 is 0 Å². The van der Waals surface area contributed by atoms with Crippen molar-refractivity contribution in [2.24, 2.45) is 0 Å². The van der Waals surface area contributed by atoms with E-state index in [1.807, 2.05) is 13.0 Å². The molecule has 0 radical (unpaired) electrons. The molecule has 0 aliphatic heterocycles. The monoisotopic (exact) mass is 282 g/mol. The van der Waals surface area contributed by atoms with Crippen molar-refractivity contribution in [3.05, 3.63) is 47.2 Å². The summed E-state index contributed by atoms with van der Waals surface area (Å²) in [6.45, 7) is 4.89. The Morgan fingerprint density at radius 3 is 2.81 bits per heavy atom. The molecular formula is C17H22N4. The predicted octanol–water partition coefficient (Wildman–Crippen LogP) is 3.19. The Kier molecular flexibility index (Phi) is 4.04. The molecule has 0 amide bonds. The summed E-state index contributed by atoms with van der Waals surface area (Å²) in [6.07, 6.45) is 3.35. The zero-order valence-electron chi connectivity index (χ0n) is 12.7. The van der Waals surface area contributed by atoms with Gasteiger partial charge in [-0.05, 0) is 44.2 Å². The Balaban J connectivity index is 1.73. The number of aromatic nitrogens is 2. The van der Waals surface area contributed by atoms with Crippen LogP contribution in [0.3, 0.4) is 0 Å². The summed E-state index contributed by atoms with van der Waals surface area (Å²) >= 11 is 0. The van der Waals surface area contributed by atoms with Crippen LogP contribution in [0.4, 0.5) is 11.8 Å². The van der Waals surface area contributed by atoms with Crippen LogP contribution in [0.15, 0.2) is 30.3 Å². The fourth-order valence-corrected chi connectivity index (χ4v) is 2.91. The van der Waals surface area contributed by atoms with Gasteiger partial charge in [-0.2, -0.15) is 4.98 Å². The average Bonchev–Trinajstić information content (AvgIpc) is 2.47. The van der Waals surface area contributed by atoms with Crippen molar-refractivity contribution in [3.8, 4) is 0 Å². The Labute approximate surface area is 126 Å². The number of hydrogen-bond acceptors (Lipinski definition) is 4. The molecule has 1 aliphatic carbocycles. The fraction of sp³-hybridized carbons (Fsp3) is 0.412. The van der Waals surface area contributed by atoms with E-state index < -0.39 is 0 Å². The third kappa shape index (κ3) is 3.32. The summed E-state index contributed by atoms with van der Waals surface area (Å²) in [4.78, 5) is 8.93. The number of nitrogens with zero attached hydrogens (tertiary/aromatic N) is 2. The first kappa shape index (κ1) is 13.9. The fourth-order valence-electron chi connectivity index (χ4n) is 2.91. The quantitative estimate of drug-likeness (QED) is 0.904. The molecule has 4 nitrogen and oxygen atoms in total. The number of rotatable bonds is 4. The third-order valence-corrected chi connectivity index (χ3v) is 3.89. The molecule has 1 unspecified atom stereocenters. The molecule has 1 atom stereocenters. The van der Waals surface area contributed by atoms with E-state index in [9.17, 15) is 0 Å². The zero-order chi connectivity index (χ0) is 14.7. The molecule has 1 aromatic carbocycles. The van der Waals surface area contributed by atoms with Crippen LogP contribution in [0.25, 0.3) is 0 Å². The van der Waals surface area contributed by atoms with Crippen LogP contribution >= 0.6 is 0 Å². The van der Waals surface area contributed by atoms with E-state index in [0.717, 1.165) is 37.3 Å². The molecule has 3 rings (SSSR count). The van der Waals surface area contributed by atoms with Crippen LogP contribution in [0.2, 0.25) is 0 Å². The molecule has 4 heteroatoms. The Morgan fingerprint density at radius 2 is 2.00 bits per heavy atom. The third-order valence-electron chi connectivity index (χ3n) is 3.89. The van der Waals surface area contributed by atoms with E-state index >= 15 is 0 Å². The number of anilines is 2. The minimum atomic E-state index is 0.448. The van der Waals surface area contributed by atoms with Crippen LogP contribution in [0.5, 0.6) is 0 Å². The summed E-state index contributed by atoms with van der Waals surface area (Å²) in [6, 6.07) is 11.2. The molecule has 0 spiro atoms. The van der Waals surface area contributed by atoms with Gasteiger partial charge in [0, 0.05) is 24.3 Å².